The van der Waals surface area contributed by atoms with Crippen LogP contribution in [0, 0.1) is 21.4 Å². The van der Waals surface area contributed by atoms with E-state index in [2.05, 4.69) is 194 Å². The van der Waals surface area contributed by atoms with E-state index in [4.69, 9.17) is 4.74 Å². The lowest BCUT2D eigenvalue weighted by Crippen LogP contribution is -2.57. The second-order valence-corrected chi connectivity index (χ2v) is 15.0. The molecule has 59 heavy (non-hydrogen) atoms. The average molecular weight is 769 g/mol. The van der Waals surface area contributed by atoms with Crippen LogP contribution in [0.15, 0.2) is 231 Å². The van der Waals surface area contributed by atoms with Crippen molar-refractivity contribution in [3.63, 3.8) is 0 Å². The first-order valence-corrected chi connectivity index (χ1v) is 20.1. The van der Waals surface area contributed by atoms with Crippen molar-refractivity contribution in [3.8, 4) is 5.75 Å². The second-order valence-electron chi connectivity index (χ2n) is 15.0. The van der Waals surface area contributed by atoms with Gasteiger partial charge in [0.1, 0.15) is 5.75 Å². The van der Waals surface area contributed by atoms with Gasteiger partial charge < -0.3 is 4.74 Å². The summed E-state index contributed by atoms with van der Waals surface area (Å²) in [6.07, 6.45) is 1.12. The molecule has 8 rings (SSSR count). The number of nitro benzene ring substituents is 1. The largest absolute Gasteiger partial charge is 0.497 e. The highest BCUT2D eigenvalue weighted by Crippen LogP contribution is 2.67. The molecule has 1 radical (unpaired) electrons. The molecule has 0 aromatic heterocycles. The Hall–Kier alpha value is -7.04. The molecule has 0 saturated heterocycles. The number of ether oxygens (including phenoxy) is 1. The van der Waals surface area contributed by atoms with E-state index in [1.54, 1.807) is 19.2 Å². The highest BCUT2D eigenvalue weighted by Gasteiger charge is 2.62. The molecular formula is C55H46NO3. The van der Waals surface area contributed by atoms with Crippen molar-refractivity contribution in [2.75, 3.05) is 7.11 Å². The van der Waals surface area contributed by atoms with E-state index in [9.17, 15) is 10.1 Å². The Kier molecular flexibility index (Phi) is 11.6. The smallest absolute Gasteiger partial charge is 0.269 e. The van der Waals surface area contributed by atoms with Crippen LogP contribution in [0.25, 0.3) is 0 Å². The highest BCUT2D eigenvalue weighted by molar-refractivity contribution is 5.62. The minimum absolute atomic E-state index is 0.0638. The van der Waals surface area contributed by atoms with Gasteiger partial charge in [0.25, 0.3) is 5.69 Å². The fourth-order valence-electron chi connectivity index (χ4n) is 9.52. The molecule has 0 spiro atoms. The lowest BCUT2D eigenvalue weighted by Gasteiger charge is -2.60. The third-order valence-corrected chi connectivity index (χ3v) is 11.9. The Morgan fingerprint density at radius 2 is 0.915 bits per heavy atom. The number of hydrogen-bond donors (Lipinski definition) is 0. The Morgan fingerprint density at radius 3 is 1.32 bits per heavy atom. The molecule has 289 valence electrons. The van der Waals surface area contributed by atoms with Crippen molar-refractivity contribution in [2.45, 2.75) is 24.2 Å². The maximum Gasteiger partial charge on any atom is 0.269 e. The van der Waals surface area contributed by atoms with E-state index in [-0.39, 0.29) is 16.5 Å². The summed E-state index contributed by atoms with van der Waals surface area (Å²) in [5.41, 5.74) is 7.38. The van der Waals surface area contributed by atoms with Gasteiger partial charge >= 0.3 is 0 Å². The number of methoxy groups -OCH3 is 1. The van der Waals surface area contributed by atoms with Gasteiger partial charge in [0.15, 0.2) is 0 Å². The molecule has 0 amide bonds. The van der Waals surface area contributed by atoms with Crippen LogP contribution >= 0.6 is 0 Å². The monoisotopic (exact) mass is 768 g/mol. The first-order chi connectivity index (χ1) is 29.0. The summed E-state index contributed by atoms with van der Waals surface area (Å²) in [6, 6.07) is 81.4. The topological polar surface area (TPSA) is 52.4 Å². The molecule has 0 heterocycles. The number of non-ortho nitro benzene ring substituents is 1. The molecule has 0 aliphatic rings. The van der Waals surface area contributed by atoms with Gasteiger partial charge in [0.05, 0.1) is 17.4 Å². The number of benzene rings is 8. The fourth-order valence-corrected chi connectivity index (χ4v) is 9.52. The van der Waals surface area contributed by atoms with Gasteiger partial charge in [-0.15, -0.1) is 0 Å². The van der Waals surface area contributed by atoms with E-state index >= 15 is 0 Å². The van der Waals surface area contributed by atoms with Crippen LogP contribution in [0.2, 0.25) is 0 Å². The summed E-state index contributed by atoms with van der Waals surface area (Å²) >= 11 is 0. The molecule has 8 aromatic rings. The Morgan fingerprint density at radius 1 is 0.508 bits per heavy atom. The fraction of sp³-hybridized carbons (Fsp3) is 0.109. The second kappa shape index (κ2) is 17.6. The summed E-state index contributed by atoms with van der Waals surface area (Å²) in [5.74, 6) is 1.70. The Labute approximate surface area is 347 Å². The molecule has 1 atom stereocenters. The van der Waals surface area contributed by atoms with Crippen LogP contribution in [0.5, 0.6) is 5.75 Å². The predicted molar refractivity (Wildman–Crippen MR) is 239 cm³/mol. The molecule has 8 aromatic carbocycles. The van der Waals surface area contributed by atoms with Gasteiger partial charge in [0, 0.05) is 29.4 Å². The zero-order valence-corrected chi connectivity index (χ0v) is 33.1. The van der Waals surface area contributed by atoms with Crippen molar-refractivity contribution < 1.29 is 9.66 Å². The minimum Gasteiger partial charge on any atom is -0.497 e. The van der Waals surface area contributed by atoms with Gasteiger partial charge in [-0.05, 0) is 69.5 Å². The number of rotatable bonds is 15. The van der Waals surface area contributed by atoms with Crippen LogP contribution in [0.1, 0.15) is 50.4 Å². The third-order valence-electron chi connectivity index (χ3n) is 11.9. The number of nitrogens with zero attached hydrogens (tertiary/aromatic N) is 1. The first-order valence-electron chi connectivity index (χ1n) is 20.1. The van der Waals surface area contributed by atoms with E-state index in [0.717, 1.165) is 33.6 Å². The zero-order valence-electron chi connectivity index (χ0n) is 33.1. The van der Waals surface area contributed by atoms with Crippen LogP contribution in [0.3, 0.4) is 0 Å². The lowest BCUT2D eigenvalue weighted by molar-refractivity contribution is -0.384. The van der Waals surface area contributed by atoms with E-state index in [1.165, 1.54) is 22.6 Å². The SMILES string of the molecule is COc1ccc([C](Cc2ccc([N+](=O)[O-])cc2)C(Cc2ccccc2)(C(c2ccccc2)c2ccccc2)C(c2ccccc2)(c2ccccc2)c2ccccc2)cc1. The summed E-state index contributed by atoms with van der Waals surface area (Å²) in [6.45, 7) is 0. The van der Waals surface area contributed by atoms with E-state index < -0.39 is 10.8 Å². The van der Waals surface area contributed by atoms with Crippen LogP contribution in [0.4, 0.5) is 5.69 Å². The van der Waals surface area contributed by atoms with Crippen molar-refractivity contribution in [2.24, 2.45) is 5.41 Å². The molecular weight excluding hydrogens is 723 g/mol. The minimum atomic E-state index is -0.862. The molecule has 0 fully saturated rings. The summed E-state index contributed by atoms with van der Waals surface area (Å²) in [7, 11) is 1.70. The first kappa shape index (κ1) is 38.8. The Bertz CT molecular complexity index is 2390. The highest BCUT2D eigenvalue weighted by atomic mass is 16.6. The van der Waals surface area contributed by atoms with Crippen molar-refractivity contribution in [1.82, 2.24) is 0 Å². The maximum absolute atomic E-state index is 12.0. The van der Waals surface area contributed by atoms with Crippen LogP contribution in [-0.4, -0.2) is 12.0 Å². The normalized spacial score (nSPS) is 12.5. The average Bonchev–Trinajstić information content (AvgIpc) is 3.31. The van der Waals surface area contributed by atoms with Gasteiger partial charge in [-0.1, -0.05) is 206 Å². The third kappa shape index (κ3) is 7.58. The Balaban J connectivity index is 1.64. The van der Waals surface area contributed by atoms with Crippen molar-refractivity contribution in [1.29, 1.82) is 0 Å². The zero-order chi connectivity index (χ0) is 40.5. The maximum atomic E-state index is 12.0. The quantitative estimate of drug-likeness (QED) is 0.0593. The summed E-state index contributed by atoms with van der Waals surface area (Å²) in [5, 5.41) is 12.0. The predicted octanol–water partition coefficient (Wildman–Crippen LogP) is 12.9. The van der Waals surface area contributed by atoms with Gasteiger partial charge in [-0.3, -0.25) is 10.1 Å². The summed E-state index contributed by atoms with van der Waals surface area (Å²) < 4.78 is 5.77. The molecule has 0 bridgehead atoms. The lowest BCUT2D eigenvalue weighted by atomic mass is 9.41. The van der Waals surface area contributed by atoms with E-state index in [0.29, 0.717) is 12.8 Å². The van der Waals surface area contributed by atoms with Gasteiger partial charge in [-0.25, -0.2) is 0 Å². The molecule has 0 N–H and O–H groups in total. The van der Waals surface area contributed by atoms with Gasteiger partial charge in [0.2, 0.25) is 0 Å². The summed E-state index contributed by atoms with van der Waals surface area (Å²) in [4.78, 5) is 11.6. The van der Waals surface area contributed by atoms with Crippen molar-refractivity contribution >= 4 is 5.69 Å². The van der Waals surface area contributed by atoms with Gasteiger partial charge in [-0.2, -0.15) is 0 Å². The molecule has 0 aliphatic heterocycles. The van der Waals surface area contributed by atoms with Crippen LogP contribution < -0.4 is 4.74 Å². The van der Waals surface area contributed by atoms with Crippen LogP contribution in [-0.2, 0) is 18.3 Å². The molecule has 0 aliphatic carbocycles. The number of hydrogen-bond acceptors (Lipinski definition) is 3. The van der Waals surface area contributed by atoms with Crippen molar-refractivity contribution in [3.05, 3.63) is 291 Å². The molecule has 0 saturated carbocycles. The molecule has 4 nitrogen and oxygen atoms in total. The van der Waals surface area contributed by atoms with E-state index in [1.807, 2.05) is 24.3 Å². The molecule has 4 heteroatoms. The molecule has 1 unspecified atom stereocenters. The standard InChI is InChI=1S/C55H46NO3/c1-59-51-38-34-44(35-39-51)52(40-42-32-36-50(37-33-42)56(57)58)54(41-43-20-8-2-9-21-43,53(45-22-10-3-11-23-45)46-24-12-4-13-25-46)55(47-26-14-5-15-27-47,48-28-16-6-17-29-48)49-30-18-7-19-31-49/h2-39,53H,40-41H2,1H3. The number of nitro groups is 1.